The van der Waals surface area contributed by atoms with Crippen molar-refractivity contribution in [2.45, 2.75) is 19.4 Å². The van der Waals surface area contributed by atoms with E-state index in [2.05, 4.69) is 10.6 Å². The normalized spacial score (nSPS) is 19.2. The fourth-order valence-electron chi connectivity index (χ4n) is 2.83. The SMILES string of the molecule is Cc1ccc(NC(=O)CN2C(=O)NC(C)(c3ccc(F)cc3)C2=O)cc1Cl. The highest BCUT2D eigenvalue weighted by Crippen LogP contribution is 2.29. The molecule has 0 saturated carbocycles. The highest BCUT2D eigenvalue weighted by Gasteiger charge is 2.49. The van der Waals surface area contributed by atoms with Crippen LogP contribution in [0.4, 0.5) is 14.9 Å². The summed E-state index contributed by atoms with van der Waals surface area (Å²) in [5.41, 5.74) is 0.386. The number of hydrogen-bond acceptors (Lipinski definition) is 3. The lowest BCUT2D eigenvalue weighted by Crippen LogP contribution is -2.42. The van der Waals surface area contributed by atoms with Gasteiger partial charge in [0.25, 0.3) is 5.91 Å². The van der Waals surface area contributed by atoms with Crippen molar-refractivity contribution in [1.82, 2.24) is 10.2 Å². The molecule has 140 valence electrons. The Morgan fingerprint density at radius 3 is 2.52 bits per heavy atom. The number of anilines is 1. The molecule has 1 atom stereocenters. The molecule has 0 spiro atoms. The van der Waals surface area contributed by atoms with Crippen LogP contribution >= 0.6 is 11.6 Å². The Morgan fingerprint density at radius 2 is 1.89 bits per heavy atom. The topological polar surface area (TPSA) is 78.5 Å². The van der Waals surface area contributed by atoms with Gasteiger partial charge >= 0.3 is 6.03 Å². The molecule has 2 N–H and O–H groups in total. The molecule has 2 aromatic rings. The summed E-state index contributed by atoms with van der Waals surface area (Å²) >= 11 is 6.02. The van der Waals surface area contributed by atoms with E-state index in [0.29, 0.717) is 16.3 Å². The number of rotatable bonds is 4. The third-order valence-corrected chi connectivity index (χ3v) is 4.86. The van der Waals surface area contributed by atoms with Gasteiger partial charge in [-0.15, -0.1) is 0 Å². The summed E-state index contributed by atoms with van der Waals surface area (Å²) in [7, 11) is 0. The van der Waals surface area contributed by atoms with Crippen LogP contribution in [0.25, 0.3) is 0 Å². The number of urea groups is 1. The van der Waals surface area contributed by atoms with Gasteiger partial charge in [0.15, 0.2) is 0 Å². The van der Waals surface area contributed by atoms with Crippen LogP contribution in [-0.2, 0) is 15.1 Å². The molecule has 27 heavy (non-hydrogen) atoms. The summed E-state index contributed by atoms with van der Waals surface area (Å²) in [5.74, 6) is -1.58. The third-order valence-electron chi connectivity index (χ3n) is 4.45. The van der Waals surface area contributed by atoms with Crippen molar-refractivity contribution in [3.05, 3.63) is 64.4 Å². The van der Waals surface area contributed by atoms with Crippen molar-refractivity contribution < 1.29 is 18.8 Å². The molecule has 1 unspecified atom stereocenters. The van der Waals surface area contributed by atoms with Gasteiger partial charge in [0, 0.05) is 10.7 Å². The van der Waals surface area contributed by atoms with Gasteiger partial charge in [0.1, 0.15) is 17.9 Å². The van der Waals surface area contributed by atoms with Crippen LogP contribution in [0, 0.1) is 12.7 Å². The quantitative estimate of drug-likeness (QED) is 0.788. The first-order valence-electron chi connectivity index (χ1n) is 8.17. The van der Waals surface area contributed by atoms with Crippen molar-refractivity contribution in [2.24, 2.45) is 0 Å². The van der Waals surface area contributed by atoms with Gasteiger partial charge < -0.3 is 10.6 Å². The molecule has 8 heteroatoms. The fraction of sp³-hybridized carbons (Fsp3) is 0.211. The van der Waals surface area contributed by atoms with Crippen LogP contribution < -0.4 is 10.6 Å². The molecule has 1 fully saturated rings. The Hall–Kier alpha value is -2.93. The van der Waals surface area contributed by atoms with Gasteiger partial charge in [-0.05, 0) is 49.2 Å². The first-order valence-corrected chi connectivity index (χ1v) is 8.54. The summed E-state index contributed by atoms with van der Waals surface area (Å²) in [5, 5.41) is 5.66. The lowest BCUT2D eigenvalue weighted by atomic mass is 9.92. The standard InChI is InChI=1S/C19H17ClFN3O3/c1-11-3-8-14(9-15(11)20)22-16(25)10-24-17(26)19(2,23-18(24)27)12-4-6-13(21)7-5-12/h3-9H,10H2,1-2H3,(H,22,25)(H,23,27). The molecule has 0 radical (unpaired) electrons. The number of halogens is 2. The van der Waals surface area contributed by atoms with Crippen LogP contribution in [0.1, 0.15) is 18.1 Å². The zero-order valence-corrected chi connectivity index (χ0v) is 15.4. The van der Waals surface area contributed by atoms with Gasteiger partial charge in [-0.2, -0.15) is 0 Å². The highest BCUT2D eigenvalue weighted by atomic mass is 35.5. The molecular formula is C19H17ClFN3O3. The first kappa shape index (κ1) is 18.8. The molecule has 0 aliphatic carbocycles. The van der Waals surface area contributed by atoms with Gasteiger partial charge in [0.05, 0.1) is 0 Å². The maximum absolute atomic E-state index is 13.1. The summed E-state index contributed by atoms with van der Waals surface area (Å²) in [6.45, 7) is 2.89. The second-order valence-electron chi connectivity index (χ2n) is 6.47. The van der Waals surface area contributed by atoms with Crippen molar-refractivity contribution >= 4 is 35.1 Å². The third kappa shape index (κ3) is 3.64. The summed E-state index contributed by atoms with van der Waals surface area (Å²) in [6, 6.07) is 9.57. The Balaban J connectivity index is 1.74. The van der Waals surface area contributed by atoms with Crippen LogP contribution in [-0.4, -0.2) is 29.3 Å². The van der Waals surface area contributed by atoms with E-state index in [9.17, 15) is 18.8 Å². The zero-order valence-electron chi connectivity index (χ0n) is 14.7. The van der Waals surface area contributed by atoms with Crippen LogP contribution in [0.2, 0.25) is 5.02 Å². The number of carbonyl (C=O) groups is 3. The lowest BCUT2D eigenvalue weighted by molar-refractivity contribution is -0.133. The molecule has 0 aromatic heterocycles. The van der Waals surface area contributed by atoms with Gasteiger partial charge in [-0.25, -0.2) is 9.18 Å². The van der Waals surface area contributed by atoms with E-state index in [0.717, 1.165) is 10.5 Å². The molecular weight excluding hydrogens is 373 g/mol. The average Bonchev–Trinajstić information content (AvgIpc) is 2.83. The average molecular weight is 390 g/mol. The Labute approximate surface area is 160 Å². The van der Waals surface area contributed by atoms with E-state index in [1.165, 1.54) is 31.2 Å². The zero-order chi connectivity index (χ0) is 19.8. The summed E-state index contributed by atoms with van der Waals surface area (Å²) in [4.78, 5) is 38.1. The number of aryl methyl sites for hydroxylation is 1. The fourth-order valence-corrected chi connectivity index (χ4v) is 3.01. The number of hydrogen-bond donors (Lipinski definition) is 2. The summed E-state index contributed by atoms with van der Waals surface area (Å²) < 4.78 is 13.1. The van der Waals surface area contributed by atoms with E-state index in [1.807, 2.05) is 6.92 Å². The van der Waals surface area contributed by atoms with Crippen LogP contribution in [0.15, 0.2) is 42.5 Å². The molecule has 4 amide bonds. The maximum atomic E-state index is 13.1. The number of benzene rings is 2. The van der Waals surface area contributed by atoms with Gasteiger partial charge in [-0.3, -0.25) is 14.5 Å². The highest BCUT2D eigenvalue weighted by molar-refractivity contribution is 6.31. The molecule has 1 aliphatic rings. The molecule has 1 heterocycles. The Kier molecular flexibility index (Phi) is 4.89. The minimum Gasteiger partial charge on any atom is -0.324 e. The number of imide groups is 1. The smallest absolute Gasteiger partial charge is 0.324 e. The largest absolute Gasteiger partial charge is 0.325 e. The second-order valence-corrected chi connectivity index (χ2v) is 6.87. The Morgan fingerprint density at radius 1 is 1.22 bits per heavy atom. The predicted octanol–water partition coefficient (Wildman–Crippen LogP) is 3.19. The van der Waals surface area contributed by atoms with Crippen molar-refractivity contribution in [2.75, 3.05) is 11.9 Å². The number of nitrogens with one attached hydrogen (secondary N) is 2. The van der Waals surface area contributed by atoms with Crippen molar-refractivity contribution in [3.8, 4) is 0 Å². The maximum Gasteiger partial charge on any atom is 0.325 e. The second kappa shape index (κ2) is 7.00. The number of carbonyl (C=O) groups excluding carboxylic acids is 3. The van der Waals surface area contributed by atoms with Crippen LogP contribution in [0.3, 0.4) is 0 Å². The first-order chi connectivity index (χ1) is 12.7. The molecule has 1 saturated heterocycles. The molecule has 1 aliphatic heterocycles. The Bertz CT molecular complexity index is 932. The molecule has 3 rings (SSSR count). The lowest BCUT2D eigenvalue weighted by Gasteiger charge is -2.22. The predicted molar refractivity (Wildman–Crippen MR) is 98.8 cm³/mol. The van der Waals surface area contributed by atoms with E-state index in [-0.39, 0.29) is 0 Å². The number of amides is 4. The van der Waals surface area contributed by atoms with E-state index < -0.39 is 35.7 Å². The molecule has 0 bridgehead atoms. The van der Waals surface area contributed by atoms with Crippen LogP contribution in [0.5, 0.6) is 0 Å². The van der Waals surface area contributed by atoms with Crippen molar-refractivity contribution in [1.29, 1.82) is 0 Å². The monoisotopic (exact) mass is 389 g/mol. The minimum atomic E-state index is -1.36. The number of nitrogens with zero attached hydrogens (tertiary/aromatic N) is 1. The van der Waals surface area contributed by atoms with E-state index in [1.54, 1.807) is 18.2 Å². The minimum absolute atomic E-state index is 0.426. The van der Waals surface area contributed by atoms with Gasteiger partial charge in [0.2, 0.25) is 5.91 Å². The van der Waals surface area contributed by atoms with Crippen molar-refractivity contribution in [3.63, 3.8) is 0 Å². The molecule has 2 aromatic carbocycles. The molecule has 6 nitrogen and oxygen atoms in total. The summed E-state index contributed by atoms with van der Waals surface area (Å²) in [6.07, 6.45) is 0. The van der Waals surface area contributed by atoms with E-state index >= 15 is 0 Å². The van der Waals surface area contributed by atoms with Gasteiger partial charge in [-0.1, -0.05) is 29.8 Å². The van der Waals surface area contributed by atoms with E-state index in [4.69, 9.17) is 11.6 Å².